The molecular formula is C25H24N4O4S. The summed E-state index contributed by atoms with van der Waals surface area (Å²) in [4.78, 5) is 17.1. The molecule has 0 unspecified atom stereocenters. The molecule has 4 rings (SSSR count). The van der Waals surface area contributed by atoms with Crippen molar-refractivity contribution in [2.45, 2.75) is 24.3 Å². The van der Waals surface area contributed by atoms with E-state index in [1.807, 2.05) is 36.4 Å². The summed E-state index contributed by atoms with van der Waals surface area (Å²) in [6.07, 6.45) is 2.39. The summed E-state index contributed by atoms with van der Waals surface area (Å²) in [6.45, 7) is 0.916. The Bertz CT molecular complexity index is 1260. The van der Waals surface area contributed by atoms with Crippen LogP contribution in [0.15, 0.2) is 77.8 Å². The van der Waals surface area contributed by atoms with E-state index in [1.54, 1.807) is 18.3 Å². The van der Waals surface area contributed by atoms with Gasteiger partial charge in [0.05, 0.1) is 28.4 Å². The van der Waals surface area contributed by atoms with Crippen LogP contribution in [0.4, 0.5) is 5.69 Å². The number of carbonyl (C=O) groups excluding carboxylic acids is 1. The standard InChI is InChI=1S/C25H24N4O4S/c26-16-19-6-9-23(10-7-19)34(31,32)29-14-12-21(13-15-29)25(30)28-22-8-11-24(27-17-22)33-18-20-4-2-1-3-5-20/h1-11,17,21H,12-15,18H2,(H,28,30). The zero-order chi connectivity index (χ0) is 24.0. The molecule has 1 aliphatic heterocycles. The first-order chi connectivity index (χ1) is 16.5. The lowest BCUT2D eigenvalue weighted by atomic mass is 9.97. The lowest BCUT2D eigenvalue weighted by Gasteiger charge is -2.30. The SMILES string of the molecule is N#Cc1ccc(S(=O)(=O)N2CCC(C(=O)Nc3ccc(OCc4ccccc4)nc3)CC2)cc1. The van der Waals surface area contributed by atoms with Crippen LogP contribution in [0.5, 0.6) is 5.88 Å². The maximum absolute atomic E-state index is 12.9. The predicted octanol–water partition coefficient (Wildman–Crippen LogP) is 3.57. The molecule has 174 valence electrons. The number of hydrogen-bond acceptors (Lipinski definition) is 6. The first kappa shape index (κ1) is 23.4. The molecule has 1 aromatic heterocycles. The number of anilines is 1. The number of amides is 1. The molecule has 0 saturated carbocycles. The molecule has 1 saturated heterocycles. The monoisotopic (exact) mass is 476 g/mol. The molecule has 34 heavy (non-hydrogen) atoms. The zero-order valence-electron chi connectivity index (χ0n) is 18.4. The summed E-state index contributed by atoms with van der Waals surface area (Å²) in [6, 6.07) is 21.0. The van der Waals surface area contributed by atoms with E-state index in [0.29, 0.717) is 36.6 Å². The lowest BCUT2D eigenvalue weighted by molar-refractivity contribution is -0.120. The highest BCUT2D eigenvalue weighted by molar-refractivity contribution is 7.89. The molecule has 1 fully saturated rings. The van der Waals surface area contributed by atoms with Crippen molar-refractivity contribution in [2.24, 2.45) is 5.92 Å². The summed E-state index contributed by atoms with van der Waals surface area (Å²) in [5.41, 5.74) is 2.00. The van der Waals surface area contributed by atoms with Crippen molar-refractivity contribution in [3.05, 3.63) is 84.1 Å². The molecule has 9 heteroatoms. The molecule has 0 spiro atoms. The molecule has 0 radical (unpaired) electrons. The van der Waals surface area contributed by atoms with Crippen molar-refractivity contribution in [1.82, 2.24) is 9.29 Å². The summed E-state index contributed by atoms with van der Waals surface area (Å²) >= 11 is 0. The van der Waals surface area contributed by atoms with Crippen molar-refractivity contribution in [3.8, 4) is 11.9 Å². The van der Waals surface area contributed by atoms with E-state index in [9.17, 15) is 13.2 Å². The summed E-state index contributed by atoms with van der Waals surface area (Å²) < 4.78 is 32.8. The fourth-order valence-electron chi connectivity index (χ4n) is 3.72. The average molecular weight is 477 g/mol. The van der Waals surface area contributed by atoms with Gasteiger partial charge in [-0.1, -0.05) is 30.3 Å². The lowest BCUT2D eigenvalue weighted by Crippen LogP contribution is -2.41. The number of pyridine rings is 1. The minimum atomic E-state index is -3.66. The summed E-state index contributed by atoms with van der Waals surface area (Å²) in [5, 5.41) is 11.7. The van der Waals surface area contributed by atoms with Crippen LogP contribution in [-0.2, 0) is 21.4 Å². The van der Waals surface area contributed by atoms with Crippen molar-refractivity contribution < 1.29 is 17.9 Å². The van der Waals surface area contributed by atoms with E-state index >= 15 is 0 Å². The Morgan fingerprint density at radius 1 is 1.06 bits per heavy atom. The molecular weight excluding hydrogens is 452 g/mol. The summed E-state index contributed by atoms with van der Waals surface area (Å²) in [7, 11) is -3.66. The largest absolute Gasteiger partial charge is 0.473 e. The van der Waals surface area contributed by atoms with E-state index in [2.05, 4.69) is 10.3 Å². The number of carbonyl (C=O) groups is 1. The molecule has 2 aromatic carbocycles. The van der Waals surface area contributed by atoms with Crippen LogP contribution in [0.2, 0.25) is 0 Å². The smallest absolute Gasteiger partial charge is 0.243 e. The van der Waals surface area contributed by atoms with Gasteiger partial charge in [-0.15, -0.1) is 0 Å². The number of rotatable bonds is 7. The number of hydrogen-bond donors (Lipinski definition) is 1. The van der Waals surface area contributed by atoms with Crippen LogP contribution in [-0.4, -0.2) is 36.7 Å². The van der Waals surface area contributed by atoms with Gasteiger partial charge in [-0.2, -0.15) is 9.57 Å². The van der Waals surface area contributed by atoms with Crippen molar-refractivity contribution in [3.63, 3.8) is 0 Å². The molecule has 0 bridgehead atoms. The van der Waals surface area contributed by atoms with Gasteiger partial charge in [-0.05, 0) is 48.7 Å². The van der Waals surface area contributed by atoms with Crippen LogP contribution in [0, 0.1) is 17.2 Å². The molecule has 3 aromatic rings. The Labute approximate surface area is 198 Å². The van der Waals surface area contributed by atoms with E-state index in [0.717, 1.165) is 5.56 Å². The van der Waals surface area contributed by atoms with Gasteiger partial charge < -0.3 is 10.1 Å². The van der Waals surface area contributed by atoms with Gasteiger partial charge in [-0.3, -0.25) is 4.79 Å². The molecule has 1 aliphatic rings. The topological polar surface area (TPSA) is 112 Å². The normalized spacial score (nSPS) is 14.8. The predicted molar refractivity (Wildman–Crippen MR) is 126 cm³/mol. The Balaban J connectivity index is 1.28. The highest BCUT2D eigenvalue weighted by Crippen LogP contribution is 2.25. The average Bonchev–Trinajstić information content (AvgIpc) is 2.89. The van der Waals surface area contributed by atoms with Gasteiger partial charge in [-0.25, -0.2) is 13.4 Å². The molecule has 1 N–H and O–H groups in total. The molecule has 2 heterocycles. The van der Waals surface area contributed by atoms with Gasteiger partial charge in [0, 0.05) is 25.1 Å². The van der Waals surface area contributed by atoms with Crippen molar-refractivity contribution >= 4 is 21.6 Å². The molecule has 0 aliphatic carbocycles. The minimum absolute atomic E-state index is 0.148. The maximum Gasteiger partial charge on any atom is 0.243 e. The van der Waals surface area contributed by atoms with E-state index < -0.39 is 10.0 Å². The fraction of sp³-hybridized carbons (Fsp3) is 0.240. The quantitative estimate of drug-likeness (QED) is 0.558. The molecule has 0 atom stereocenters. The van der Waals surface area contributed by atoms with E-state index in [4.69, 9.17) is 10.00 Å². The third kappa shape index (κ3) is 5.60. The van der Waals surface area contributed by atoms with Crippen LogP contribution < -0.4 is 10.1 Å². The summed E-state index contributed by atoms with van der Waals surface area (Å²) in [5.74, 6) is 0.0137. The van der Waals surface area contributed by atoms with E-state index in [-0.39, 0.29) is 29.8 Å². The highest BCUT2D eigenvalue weighted by atomic mass is 32.2. The first-order valence-electron chi connectivity index (χ1n) is 10.9. The van der Waals surface area contributed by atoms with Crippen molar-refractivity contribution in [2.75, 3.05) is 18.4 Å². The van der Waals surface area contributed by atoms with Gasteiger partial charge in [0.25, 0.3) is 0 Å². The van der Waals surface area contributed by atoms with Gasteiger partial charge >= 0.3 is 0 Å². The number of nitrogens with zero attached hydrogens (tertiary/aromatic N) is 3. The third-order valence-electron chi connectivity index (χ3n) is 5.68. The molecule has 8 nitrogen and oxygen atoms in total. The van der Waals surface area contributed by atoms with Gasteiger partial charge in [0.2, 0.25) is 21.8 Å². The first-order valence-corrected chi connectivity index (χ1v) is 12.3. The van der Waals surface area contributed by atoms with Crippen molar-refractivity contribution in [1.29, 1.82) is 5.26 Å². The fourth-order valence-corrected chi connectivity index (χ4v) is 5.19. The second-order valence-electron chi connectivity index (χ2n) is 7.96. The van der Waals surface area contributed by atoms with Crippen LogP contribution in [0.25, 0.3) is 0 Å². The van der Waals surface area contributed by atoms with Crippen LogP contribution in [0.1, 0.15) is 24.0 Å². The second-order valence-corrected chi connectivity index (χ2v) is 9.90. The second kappa shape index (κ2) is 10.5. The number of ether oxygens (including phenoxy) is 1. The highest BCUT2D eigenvalue weighted by Gasteiger charge is 2.32. The number of piperidine rings is 1. The minimum Gasteiger partial charge on any atom is -0.473 e. The zero-order valence-corrected chi connectivity index (χ0v) is 19.2. The Morgan fingerprint density at radius 2 is 1.76 bits per heavy atom. The Morgan fingerprint density at radius 3 is 2.38 bits per heavy atom. The molecule has 1 amide bonds. The number of nitriles is 1. The number of benzene rings is 2. The van der Waals surface area contributed by atoms with Crippen LogP contribution >= 0.6 is 0 Å². The number of sulfonamides is 1. The third-order valence-corrected chi connectivity index (χ3v) is 7.59. The van der Waals surface area contributed by atoms with Gasteiger partial charge in [0.15, 0.2) is 0 Å². The van der Waals surface area contributed by atoms with Crippen LogP contribution in [0.3, 0.4) is 0 Å². The number of nitrogens with one attached hydrogen (secondary N) is 1. The number of aromatic nitrogens is 1. The van der Waals surface area contributed by atoms with E-state index in [1.165, 1.54) is 28.6 Å². The Kier molecular flexibility index (Phi) is 7.21. The Hall–Kier alpha value is -3.74. The maximum atomic E-state index is 12.9. The van der Waals surface area contributed by atoms with Gasteiger partial charge in [0.1, 0.15) is 6.61 Å².